The van der Waals surface area contributed by atoms with E-state index in [2.05, 4.69) is 13.8 Å². The van der Waals surface area contributed by atoms with Crippen LogP contribution in [0.5, 0.6) is 11.5 Å². The number of unbranched alkanes of at least 4 members (excludes halogenated alkanes) is 9. The molecule has 0 bridgehead atoms. The minimum atomic E-state index is 0.157. The zero-order valence-corrected chi connectivity index (χ0v) is 14.5. The second kappa shape index (κ2) is 11.4. The van der Waals surface area contributed by atoms with Crippen molar-refractivity contribution in [2.24, 2.45) is 0 Å². The fourth-order valence-electron chi connectivity index (χ4n) is 3.01. The molecule has 0 saturated heterocycles. The number of phenolic OH excluding ortho intramolecular Hbond substituents is 2. The highest BCUT2D eigenvalue weighted by Gasteiger charge is 2.08. The van der Waals surface area contributed by atoms with Crippen molar-refractivity contribution in [3.63, 3.8) is 0 Å². The van der Waals surface area contributed by atoms with E-state index in [0.29, 0.717) is 5.92 Å². The normalized spacial score (nSPS) is 12.5. The predicted molar refractivity (Wildman–Crippen MR) is 94.6 cm³/mol. The molecule has 1 aromatic carbocycles. The first kappa shape index (κ1) is 18.9. The fourth-order valence-corrected chi connectivity index (χ4v) is 3.01. The first-order chi connectivity index (χ1) is 10.6. The Morgan fingerprint density at radius 1 is 0.727 bits per heavy atom. The van der Waals surface area contributed by atoms with E-state index < -0.39 is 0 Å². The van der Waals surface area contributed by atoms with Crippen molar-refractivity contribution >= 4 is 0 Å². The first-order valence-electron chi connectivity index (χ1n) is 9.16. The highest BCUT2D eigenvalue weighted by Crippen LogP contribution is 2.29. The maximum absolute atomic E-state index is 9.53. The van der Waals surface area contributed by atoms with Gasteiger partial charge in [-0.2, -0.15) is 0 Å². The average molecular weight is 306 g/mol. The molecule has 1 rings (SSSR count). The van der Waals surface area contributed by atoms with Crippen molar-refractivity contribution in [3.8, 4) is 11.5 Å². The molecule has 0 fully saturated rings. The molecule has 2 N–H and O–H groups in total. The Hall–Kier alpha value is -1.18. The highest BCUT2D eigenvalue weighted by molar-refractivity contribution is 5.38. The minimum absolute atomic E-state index is 0.157. The summed E-state index contributed by atoms with van der Waals surface area (Å²) in [5, 5.41) is 19.1. The molecule has 0 aliphatic heterocycles. The van der Waals surface area contributed by atoms with Gasteiger partial charge in [0.05, 0.1) is 0 Å². The van der Waals surface area contributed by atoms with Gasteiger partial charge in [-0.1, -0.05) is 78.1 Å². The Morgan fingerprint density at radius 3 is 1.68 bits per heavy atom. The molecule has 0 saturated carbocycles. The summed E-state index contributed by atoms with van der Waals surface area (Å²) >= 11 is 0. The van der Waals surface area contributed by atoms with Crippen LogP contribution < -0.4 is 0 Å². The number of hydrogen-bond acceptors (Lipinski definition) is 2. The van der Waals surface area contributed by atoms with Crippen LogP contribution in [0.1, 0.15) is 96.0 Å². The lowest BCUT2D eigenvalue weighted by Gasteiger charge is -2.12. The van der Waals surface area contributed by atoms with Crippen molar-refractivity contribution in [2.75, 3.05) is 0 Å². The van der Waals surface area contributed by atoms with Crippen LogP contribution in [0.25, 0.3) is 0 Å². The summed E-state index contributed by atoms with van der Waals surface area (Å²) in [5.74, 6) is 0.710. The molecule has 0 radical (unpaired) electrons. The van der Waals surface area contributed by atoms with E-state index in [1.165, 1.54) is 70.3 Å². The third kappa shape index (κ3) is 8.31. The summed E-state index contributed by atoms with van der Waals surface area (Å²) in [4.78, 5) is 0. The summed E-state index contributed by atoms with van der Waals surface area (Å²) in [6.45, 7) is 4.43. The molecular weight excluding hydrogens is 272 g/mol. The lowest BCUT2D eigenvalue weighted by Crippen LogP contribution is -1.94. The SMILES string of the molecule is CCCCCCCCCCCCC(C)c1cc(O)cc(O)c1. The zero-order valence-electron chi connectivity index (χ0n) is 14.5. The summed E-state index contributed by atoms with van der Waals surface area (Å²) < 4.78 is 0. The minimum Gasteiger partial charge on any atom is -0.508 e. The maximum Gasteiger partial charge on any atom is 0.119 e. The van der Waals surface area contributed by atoms with Gasteiger partial charge >= 0.3 is 0 Å². The Morgan fingerprint density at radius 2 is 1.18 bits per heavy atom. The molecule has 2 heteroatoms. The van der Waals surface area contributed by atoms with Gasteiger partial charge in [-0.15, -0.1) is 0 Å². The van der Waals surface area contributed by atoms with Gasteiger partial charge in [0, 0.05) is 6.07 Å². The molecule has 22 heavy (non-hydrogen) atoms. The summed E-state index contributed by atoms with van der Waals surface area (Å²) in [6, 6.07) is 4.91. The molecule has 0 amide bonds. The molecule has 0 aromatic heterocycles. The van der Waals surface area contributed by atoms with Crippen LogP contribution >= 0.6 is 0 Å². The number of hydrogen-bond donors (Lipinski definition) is 2. The third-order valence-electron chi connectivity index (χ3n) is 4.48. The summed E-state index contributed by atoms with van der Waals surface area (Å²) in [5.41, 5.74) is 1.04. The molecule has 1 aromatic rings. The van der Waals surface area contributed by atoms with E-state index in [-0.39, 0.29) is 11.5 Å². The van der Waals surface area contributed by atoms with Crippen LogP contribution in [0.4, 0.5) is 0 Å². The summed E-state index contributed by atoms with van der Waals surface area (Å²) in [7, 11) is 0. The molecular formula is C20H34O2. The van der Waals surface area contributed by atoms with Gasteiger partial charge in [-0.05, 0) is 30.0 Å². The first-order valence-corrected chi connectivity index (χ1v) is 9.16. The lowest BCUT2D eigenvalue weighted by molar-refractivity contribution is 0.447. The smallest absolute Gasteiger partial charge is 0.119 e. The van der Waals surface area contributed by atoms with Crippen molar-refractivity contribution < 1.29 is 10.2 Å². The molecule has 1 atom stereocenters. The van der Waals surface area contributed by atoms with Crippen LogP contribution in [0.3, 0.4) is 0 Å². The zero-order chi connectivity index (χ0) is 16.2. The van der Waals surface area contributed by atoms with Crippen LogP contribution in [0.2, 0.25) is 0 Å². The van der Waals surface area contributed by atoms with E-state index in [1.807, 2.05) is 0 Å². The quantitative estimate of drug-likeness (QED) is 0.432. The fraction of sp³-hybridized carbons (Fsp3) is 0.700. The van der Waals surface area contributed by atoms with Gasteiger partial charge in [0.15, 0.2) is 0 Å². The maximum atomic E-state index is 9.53. The molecule has 0 aliphatic rings. The number of phenols is 2. The largest absolute Gasteiger partial charge is 0.508 e. The summed E-state index contributed by atoms with van der Waals surface area (Å²) in [6.07, 6.45) is 14.7. The van der Waals surface area contributed by atoms with Crippen LogP contribution in [-0.2, 0) is 0 Å². The van der Waals surface area contributed by atoms with Crippen molar-refractivity contribution in [1.82, 2.24) is 0 Å². The Bertz CT molecular complexity index is 380. The van der Waals surface area contributed by atoms with Gasteiger partial charge in [0.2, 0.25) is 0 Å². The van der Waals surface area contributed by atoms with Crippen LogP contribution in [0.15, 0.2) is 18.2 Å². The standard InChI is InChI=1S/C20H34O2/c1-3-4-5-6-7-8-9-10-11-12-13-17(2)18-14-19(21)16-20(22)15-18/h14-17,21-22H,3-13H2,1-2H3. The van der Waals surface area contributed by atoms with Crippen LogP contribution in [0, 0.1) is 0 Å². The van der Waals surface area contributed by atoms with E-state index in [1.54, 1.807) is 12.1 Å². The average Bonchev–Trinajstić information content (AvgIpc) is 2.48. The van der Waals surface area contributed by atoms with Crippen molar-refractivity contribution in [1.29, 1.82) is 0 Å². The number of rotatable bonds is 12. The lowest BCUT2D eigenvalue weighted by atomic mass is 9.94. The van der Waals surface area contributed by atoms with E-state index >= 15 is 0 Å². The van der Waals surface area contributed by atoms with Gasteiger partial charge in [-0.25, -0.2) is 0 Å². The predicted octanol–water partition coefficient (Wildman–Crippen LogP) is 6.51. The Kier molecular flexibility index (Phi) is 9.77. The van der Waals surface area contributed by atoms with Gasteiger partial charge in [0.25, 0.3) is 0 Å². The monoisotopic (exact) mass is 306 g/mol. The van der Waals surface area contributed by atoms with Gasteiger partial charge in [0.1, 0.15) is 11.5 Å². The van der Waals surface area contributed by atoms with Crippen molar-refractivity contribution in [3.05, 3.63) is 23.8 Å². The van der Waals surface area contributed by atoms with E-state index in [9.17, 15) is 10.2 Å². The van der Waals surface area contributed by atoms with Gasteiger partial charge in [-0.3, -0.25) is 0 Å². The van der Waals surface area contributed by atoms with Crippen LogP contribution in [-0.4, -0.2) is 10.2 Å². The number of aromatic hydroxyl groups is 2. The molecule has 0 aliphatic carbocycles. The van der Waals surface area contributed by atoms with E-state index in [0.717, 1.165) is 12.0 Å². The van der Waals surface area contributed by atoms with Crippen molar-refractivity contribution in [2.45, 2.75) is 90.4 Å². The molecule has 0 heterocycles. The second-order valence-corrected chi connectivity index (χ2v) is 6.65. The molecule has 2 nitrogen and oxygen atoms in total. The molecule has 0 spiro atoms. The molecule has 1 unspecified atom stereocenters. The topological polar surface area (TPSA) is 40.5 Å². The number of benzene rings is 1. The molecule has 126 valence electrons. The van der Waals surface area contributed by atoms with Gasteiger partial charge < -0.3 is 10.2 Å². The third-order valence-corrected chi connectivity index (χ3v) is 4.48. The second-order valence-electron chi connectivity index (χ2n) is 6.65. The Labute approximate surface area is 136 Å². The Balaban J connectivity index is 2.04. The highest BCUT2D eigenvalue weighted by atomic mass is 16.3. The van der Waals surface area contributed by atoms with E-state index in [4.69, 9.17) is 0 Å².